The van der Waals surface area contributed by atoms with Crippen molar-refractivity contribution in [3.05, 3.63) is 34.7 Å². The van der Waals surface area contributed by atoms with Crippen LogP contribution in [0, 0.1) is 6.92 Å². The third-order valence-corrected chi connectivity index (χ3v) is 5.84. The standard InChI is InChI=1S/C17H17ClN4O3/c1-10-15(21-9-11(18)2-3-13(21)19-10)16(24)20-5-4-17-12(20)8-14(23)22(17)6-7-25-17/h2-3,9,12H,4-8H2,1H3/t12-,17+/m1/s1. The van der Waals surface area contributed by atoms with E-state index in [2.05, 4.69) is 4.98 Å². The second kappa shape index (κ2) is 4.95. The summed E-state index contributed by atoms with van der Waals surface area (Å²) in [6, 6.07) is 3.31. The van der Waals surface area contributed by atoms with E-state index in [1.165, 1.54) is 0 Å². The third kappa shape index (κ3) is 1.88. The smallest absolute Gasteiger partial charge is 0.273 e. The molecule has 0 unspecified atom stereocenters. The third-order valence-electron chi connectivity index (χ3n) is 5.62. The number of aromatic nitrogens is 2. The molecule has 2 atom stereocenters. The summed E-state index contributed by atoms with van der Waals surface area (Å²) in [5, 5.41) is 0.540. The second-order valence-electron chi connectivity index (χ2n) is 6.83. The van der Waals surface area contributed by atoms with E-state index in [1.807, 2.05) is 11.8 Å². The number of halogens is 1. The van der Waals surface area contributed by atoms with Gasteiger partial charge in [0, 0.05) is 25.7 Å². The minimum atomic E-state index is -0.626. The van der Waals surface area contributed by atoms with Gasteiger partial charge in [0.2, 0.25) is 5.91 Å². The van der Waals surface area contributed by atoms with Crippen LogP contribution >= 0.6 is 11.6 Å². The molecule has 3 aliphatic heterocycles. The molecule has 2 aromatic rings. The van der Waals surface area contributed by atoms with E-state index in [9.17, 15) is 9.59 Å². The average molecular weight is 361 g/mol. The van der Waals surface area contributed by atoms with Crippen molar-refractivity contribution in [3.63, 3.8) is 0 Å². The molecule has 8 heteroatoms. The van der Waals surface area contributed by atoms with Gasteiger partial charge in [-0.05, 0) is 19.1 Å². The lowest BCUT2D eigenvalue weighted by atomic mass is 10.1. The molecule has 130 valence electrons. The predicted molar refractivity (Wildman–Crippen MR) is 89.4 cm³/mol. The summed E-state index contributed by atoms with van der Waals surface area (Å²) in [7, 11) is 0. The monoisotopic (exact) mass is 360 g/mol. The minimum absolute atomic E-state index is 0.0675. The summed E-state index contributed by atoms with van der Waals surface area (Å²) in [4.78, 5) is 33.7. The summed E-state index contributed by atoms with van der Waals surface area (Å²) < 4.78 is 7.69. The average Bonchev–Trinajstić information content (AvgIpc) is 3.27. The molecule has 3 aliphatic rings. The van der Waals surface area contributed by atoms with Gasteiger partial charge in [-0.15, -0.1) is 0 Å². The number of pyridine rings is 1. The van der Waals surface area contributed by atoms with Crippen molar-refractivity contribution in [2.75, 3.05) is 19.7 Å². The van der Waals surface area contributed by atoms with Crippen LogP contribution in [0.15, 0.2) is 18.3 Å². The number of hydrogen-bond acceptors (Lipinski definition) is 4. The number of imidazole rings is 1. The molecule has 3 saturated heterocycles. The number of hydrogen-bond donors (Lipinski definition) is 0. The van der Waals surface area contributed by atoms with Gasteiger partial charge in [-0.1, -0.05) is 11.6 Å². The molecule has 5 rings (SSSR count). The Balaban J connectivity index is 1.57. The van der Waals surface area contributed by atoms with Crippen LogP contribution in [-0.2, 0) is 9.53 Å². The number of amides is 2. The molecular formula is C17H17ClN4O3. The Labute approximate surface area is 149 Å². The SMILES string of the molecule is Cc1nc2ccc(Cl)cn2c1C(=O)N1CC[C@@]23OCCN2C(=O)C[C@@H]13. The number of carbonyl (C=O) groups excluding carboxylic acids is 2. The van der Waals surface area contributed by atoms with E-state index in [1.54, 1.807) is 27.6 Å². The fourth-order valence-electron chi connectivity index (χ4n) is 4.56. The lowest BCUT2D eigenvalue weighted by Crippen LogP contribution is -2.49. The molecule has 0 saturated carbocycles. The molecule has 25 heavy (non-hydrogen) atoms. The minimum Gasteiger partial charge on any atom is -0.351 e. The van der Waals surface area contributed by atoms with Crippen LogP contribution in [0.1, 0.15) is 29.0 Å². The van der Waals surface area contributed by atoms with E-state index in [4.69, 9.17) is 16.3 Å². The van der Waals surface area contributed by atoms with Crippen LogP contribution in [0.5, 0.6) is 0 Å². The summed E-state index contributed by atoms with van der Waals surface area (Å²) in [5.74, 6) is -0.0581. The number of likely N-dealkylation sites (tertiary alicyclic amines) is 1. The molecule has 0 aliphatic carbocycles. The second-order valence-corrected chi connectivity index (χ2v) is 7.26. The van der Waals surface area contributed by atoms with E-state index in [0.717, 1.165) is 0 Å². The van der Waals surface area contributed by atoms with E-state index < -0.39 is 5.72 Å². The Hall–Kier alpha value is -2.12. The van der Waals surface area contributed by atoms with Crippen LogP contribution in [-0.4, -0.2) is 62.5 Å². The Morgan fingerprint density at radius 2 is 2.24 bits per heavy atom. The highest BCUT2D eigenvalue weighted by atomic mass is 35.5. The van der Waals surface area contributed by atoms with Gasteiger partial charge in [-0.3, -0.25) is 14.0 Å². The molecule has 3 fully saturated rings. The van der Waals surface area contributed by atoms with Gasteiger partial charge in [0.15, 0.2) is 5.72 Å². The molecule has 0 bridgehead atoms. The number of aryl methyl sites for hydroxylation is 1. The van der Waals surface area contributed by atoms with Crippen LogP contribution in [0.4, 0.5) is 0 Å². The van der Waals surface area contributed by atoms with Gasteiger partial charge in [-0.25, -0.2) is 4.98 Å². The molecular weight excluding hydrogens is 344 g/mol. The highest BCUT2D eigenvalue weighted by Gasteiger charge is 2.63. The van der Waals surface area contributed by atoms with E-state index >= 15 is 0 Å². The van der Waals surface area contributed by atoms with Crippen molar-refractivity contribution in [2.45, 2.75) is 31.5 Å². The van der Waals surface area contributed by atoms with E-state index in [-0.39, 0.29) is 17.9 Å². The summed E-state index contributed by atoms with van der Waals surface area (Å²) >= 11 is 6.10. The first-order valence-corrected chi connectivity index (χ1v) is 8.79. The fraction of sp³-hybridized carbons (Fsp3) is 0.471. The number of rotatable bonds is 1. The van der Waals surface area contributed by atoms with Gasteiger partial charge in [-0.2, -0.15) is 0 Å². The Morgan fingerprint density at radius 1 is 1.40 bits per heavy atom. The van der Waals surface area contributed by atoms with Crippen molar-refractivity contribution in [2.24, 2.45) is 0 Å². The van der Waals surface area contributed by atoms with Crippen molar-refractivity contribution >= 4 is 29.1 Å². The van der Waals surface area contributed by atoms with Gasteiger partial charge in [0.25, 0.3) is 5.91 Å². The first-order chi connectivity index (χ1) is 12.0. The number of carbonyl (C=O) groups is 2. The molecule has 0 aromatic carbocycles. The first-order valence-electron chi connectivity index (χ1n) is 8.41. The summed E-state index contributed by atoms with van der Waals surface area (Å²) in [6.45, 7) is 3.54. The molecule has 5 heterocycles. The van der Waals surface area contributed by atoms with Gasteiger partial charge >= 0.3 is 0 Å². The molecule has 2 amide bonds. The Kier molecular flexibility index (Phi) is 3.00. The summed E-state index contributed by atoms with van der Waals surface area (Å²) in [5.41, 5.74) is 1.21. The largest absolute Gasteiger partial charge is 0.351 e. The molecule has 0 N–H and O–H groups in total. The van der Waals surface area contributed by atoms with Crippen LogP contribution in [0.3, 0.4) is 0 Å². The predicted octanol–water partition coefficient (Wildman–Crippen LogP) is 1.47. The zero-order valence-corrected chi connectivity index (χ0v) is 14.5. The topological polar surface area (TPSA) is 67.2 Å². The normalized spacial score (nSPS) is 28.1. The highest BCUT2D eigenvalue weighted by molar-refractivity contribution is 6.30. The van der Waals surface area contributed by atoms with Gasteiger partial charge < -0.3 is 14.5 Å². The van der Waals surface area contributed by atoms with E-state index in [0.29, 0.717) is 54.6 Å². The van der Waals surface area contributed by atoms with Crippen LogP contribution in [0.2, 0.25) is 5.02 Å². The van der Waals surface area contributed by atoms with Crippen molar-refractivity contribution in [3.8, 4) is 0 Å². The fourth-order valence-corrected chi connectivity index (χ4v) is 4.73. The Bertz CT molecular complexity index is 926. The zero-order chi connectivity index (χ0) is 17.3. The zero-order valence-electron chi connectivity index (χ0n) is 13.7. The Morgan fingerprint density at radius 3 is 3.08 bits per heavy atom. The molecule has 7 nitrogen and oxygen atoms in total. The lowest BCUT2D eigenvalue weighted by molar-refractivity contribution is -0.136. The number of ether oxygens (including phenoxy) is 1. The van der Waals surface area contributed by atoms with Crippen LogP contribution < -0.4 is 0 Å². The van der Waals surface area contributed by atoms with Crippen LogP contribution in [0.25, 0.3) is 5.65 Å². The molecule has 0 radical (unpaired) electrons. The van der Waals surface area contributed by atoms with Gasteiger partial charge in [0.1, 0.15) is 11.3 Å². The maximum Gasteiger partial charge on any atom is 0.273 e. The first kappa shape index (κ1) is 15.2. The van der Waals surface area contributed by atoms with Gasteiger partial charge in [0.05, 0.1) is 29.8 Å². The maximum absolute atomic E-state index is 13.3. The lowest BCUT2D eigenvalue weighted by Gasteiger charge is -2.31. The molecule has 2 aromatic heterocycles. The quantitative estimate of drug-likeness (QED) is 0.772. The van der Waals surface area contributed by atoms with Crippen molar-refractivity contribution in [1.29, 1.82) is 0 Å². The van der Waals surface area contributed by atoms with Crippen molar-refractivity contribution in [1.82, 2.24) is 19.2 Å². The maximum atomic E-state index is 13.3. The molecule has 1 spiro atoms. The summed E-state index contributed by atoms with van der Waals surface area (Å²) in [6.07, 6.45) is 2.68. The number of fused-ring (bicyclic) bond motifs is 1. The van der Waals surface area contributed by atoms with Crippen molar-refractivity contribution < 1.29 is 14.3 Å². The number of nitrogens with zero attached hydrogens (tertiary/aromatic N) is 4. The highest BCUT2D eigenvalue weighted by Crippen LogP contribution is 2.46.